The zero-order chi connectivity index (χ0) is 10.8. The normalized spacial score (nSPS) is 20.9. The fraction of sp³-hybridized carbons (Fsp3) is 0.636. The summed E-state index contributed by atoms with van der Waals surface area (Å²) in [5.74, 6) is 0.743. The third-order valence-corrected chi connectivity index (χ3v) is 3.06. The molecule has 1 aliphatic rings. The van der Waals surface area contributed by atoms with Crippen LogP contribution in [0, 0.1) is 6.92 Å². The van der Waals surface area contributed by atoms with Crippen LogP contribution >= 0.6 is 11.6 Å². The topological polar surface area (TPSA) is 35.0 Å². The lowest BCUT2D eigenvalue weighted by Gasteiger charge is -2.11. The second kappa shape index (κ2) is 4.45. The Morgan fingerprint density at radius 3 is 2.80 bits per heavy atom. The van der Waals surface area contributed by atoms with Crippen molar-refractivity contribution in [2.45, 2.75) is 39.2 Å². The van der Waals surface area contributed by atoms with Crippen LogP contribution < -0.4 is 0 Å². The lowest BCUT2D eigenvalue weighted by molar-refractivity contribution is 0.105. The number of hydrogen-bond donors (Lipinski definition) is 0. The van der Waals surface area contributed by atoms with Crippen LogP contribution in [0.25, 0.3) is 0 Å². The van der Waals surface area contributed by atoms with E-state index < -0.39 is 0 Å². The zero-order valence-electron chi connectivity index (χ0n) is 9.09. The largest absolute Gasteiger partial charge is 0.370 e. The molecule has 0 aliphatic carbocycles. The minimum atomic E-state index is 0.0482. The summed E-state index contributed by atoms with van der Waals surface area (Å²) < 4.78 is 5.54. The molecule has 1 fully saturated rings. The molecule has 82 valence electrons. The Hall–Kier alpha value is -0.670. The third kappa shape index (κ3) is 2.13. The highest BCUT2D eigenvalue weighted by molar-refractivity contribution is 6.30. The molecule has 0 aromatic carbocycles. The van der Waals surface area contributed by atoms with Crippen molar-refractivity contribution >= 4 is 11.6 Å². The Morgan fingerprint density at radius 1 is 1.47 bits per heavy atom. The first-order chi connectivity index (χ1) is 7.22. The Labute approximate surface area is 94.8 Å². The number of hydrogen-bond acceptors (Lipinski definition) is 3. The summed E-state index contributed by atoms with van der Waals surface area (Å²) in [7, 11) is 0. The van der Waals surface area contributed by atoms with Crippen LogP contribution in [0.3, 0.4) is 0 Å². The van der Waals surface area contributed by atoms with Gasteiger partial charge in [0, 0.05) is 17.9 Å². The Bertz CT molecular complexity index is 339. The van der Waals surface area contributed by atoms with Gasteiger partial charge < -0.3 is 4.74 Å². The van der Waals surface area contributed by atoms with Gasteiger partial charge in [-0.3, -0.25) is 0 Å². The Morgan fingerprint density at radius 2 is 2.27 bits per heavy atom. The van der Waals surface area contributed by atoms with Gasteiger partial charge in [-0.2, -0.15) is 0 Å². The maximum atomic E-state index is 6.11. The van der Waals surface area contributed by atoms with Gasteiger partial charge in [-0.15, -0.1) is 0 Å². The van der Waals surface area contributed by atoms with E-state index in [-0.39, 0.29) is 6.10 Å². The molecule has 2 heterocycles. The zero-order valence-corrected chi connectivity index (χ0v) is 9.84. The van der Waals surface area contributed by atoms with Crippen LogP contribution in [0.1, 0.15) is 43.0 Å². The average molecular weight is 227 g/mol. The van der Waals surface area contributed by atoms with Gasteiger partial charge in [-0.05, 0) is 26.2 Å². The fourth-order valence-corrected chi connectivity index (χ4v) is 2.27. The summed E-state index contributed by atoms with van der Waals surface area (Å²) in [6.07, 6.45) is 3.00. The summed E-state index contributed by atoms with van der Waals surface area (Å²) in [5, 5.41) is 0.579. The maximum Gasteiger partial charge on any atom is 0.159 e. The van der Waals surface area contributed by atoms with Gasteiger partial charge in [0.1, 0.15) is 11.3 Å². The van der Waals surface area contributed by atoms with Gasteiger partial charge in [-0.1, -0.05) is 18.5 Å². The van der Waals surface area contributed by atoms with Gasteiger partial charge >= 0.3 is 0 Å². The predicted molar refractivity (Wildman–Crippen MR) is 59.1 cm³/mol. The van der Waals surface area contributed by atoms with Gasteiger partial charge in [-0.25, -0.2) is 9.97 Å². The predicted octanol–water partition coefficient (Wildman–Crippen LogP) is 2.85. The first-order valence-electron chi connectivity index (χ1n) is 5.37. The number of halogens is 1. The van der Waals surface area contributed by atoms with Crippen molar-refractivity contribution in [1.82, 2.24) is 9.97 Å². The van der Waals surface area contributed by atoms with Gasteiger partial charge in [0.15, 0.2) is 5.82 Å². The van der Waals surface area contributed by atoms with Gasteiger partial charge in [0.25, 0.3) is 0 Å². The molecular weight excluding hydrogens is 212 g/mol. The molecular formula is C11H15ClN2O. The Balaban J connectivity index is 2.33. The van der Waals surface area contributed by atoms with Crippen LogP contribution in [0.2, 0.25) is 5.15 Å². The Kier molecular flexibility index (Phi) is 3.22. The smallest absolute Gasteiger partial charge is 0.159 e. The maximum absolute atomic E-state index is 6.11. The molecule has 0 saturated carbocycles. The van der Waals surface area contributed by atoms with Crippen molar-refractivity contribution in [2.75, 3.05) is 6.61 Å². The fourth-order valence-electron chi connectivity index (χ4n) is 1.91. The highest BCUT2D eigenvalue weighted by atomic mass is 35.5. The quantitative estimate of drug-likeness (QED) is 0.728. The van der Waals surface area contributed by atoms with Crippen LogP contribution in [-0.2, 0) is 11.2 Å². The molecule has 1 aromatic rings. The number of aromatic nitrogens is 2. The summed E-state index contributed by atoms with van der Waals surface area (Å²) in [6.45, 7) is 4.84. The van der Waals surface area contributed by atoms with Crippen molar-refractivity contribution in [3.05, 3.63) is 22.2 Å². The summed E-state index contributed by atoms with van der Waals surface area (Å²) in [6, 6.07) is 0. The summed E-state index contributed by atoms with van der Waals surface area (Å²) in [4.78, 5) is 8.78. The van der Waals surface area contributed by atoms with E-state index >= 15 is 0 Å². The van der Waals surface area contributed by atoms with Gasteiger partial charge in [0.05, 0.1) is 0 Å². The first kappa shape index (κ1) is 10.8. The first-order valence-corrected chi connectivity index (χ1v) is 5.74. The summed E-state index contributed by atoms with van der Waals surface area (Å²) in [5.41, 5.74) is 2.02. The lowest BCUT2D eigenvalue weighted by Crippen LogP contribution is -2.07. The highest BCUT2D eigenvalue weighted by Crippen LogP contribution is 2.28. The molecule has 15 heavy (non-hydrogen) atoms. The minimum absolute atomic E-state index is 0.0482. The van der Waals surface area contributed by atoms with E-state index in [1.54, 1.807) is 0 Å². The molecule has 1 aliphatic heterocycles. The van der Waals surface area contributed by atoms with E-state index in [0.29, 0.717) is 5.15 Å². The molecule has 0 bridgehead atoms. The molecule has 1 unspecified atom stereocenters. The van der Waals surface area contributed by atoms with E-state index in [1.807, 2.05) is 6.92 Å². The van der Waals surface area contributed by atoms with Crippen molar-refractivity contribution in [3.63, 3.8) is 0 Å². The molecule has 1 saturated heterocycles. The average Bonchev–Trinajstić information content (AvgIpc) is 2.69. The molecule has 3 nitrogen and oxygen atoms in total. The number of ether oxygens (including phenoxy) is 1. The molecule has 0 amide bonds. The molecule has 0 N–H and O–H groups in total. The van der Waals surface area contributed by atoms with E-state index in [9.17, 15) is 0 Å². The van der Waals surface area contributed by atoms with Crippen molar-refractivity contribution < 1.29 is 4.74 Å². The van der Waals surface area contributed by atoms with Crippen LogP contribution in [0.15, 0.2) is 0 Å². The van der Waals surface area contributed by atoms with E-state index in [0.717, 1.165) is 43.0 Å². The van der Waals surface area contributed by atoms with E-state index in [2.05, 4.69) is 16.9 Å². The van der Waals surface area contributed by atoms with Crippen molar-refractivity contribution in [1.29, 1.82) is 0 Å². The lowest BCUT2D eigenvalue weighted by atomic mass is 10.1. The van der Waals surface area contributed by atoms with Crippen molar-refractivity contribution in [3.8, 4) is 0 Å². The molecule has 0 spiro atoms. The number of aryl methyl sites for hydroxylation is 1. The molecule has 2 rings (SSSR count). The number of nitrogens with zero attached hydrogens (tertiary/aromatic N) is 2. The second-order valence-electron chi connectivity index (χ2n) is 3.79. The molecule has 1 aromatic heterocycles. The van der Waals surface area contributed by atoms with E-state index in [1.165, 1.54) is 0 Å². The SMILES string of the molecule is CCc1c(C)nc(C2CCCO2)nc1Cl. The molecule has 0 radical (unpaired) electrons. The van der Waals surface area contributed by atoms with Crippen LogP contribution in [0.4, 0.5) is 0 Å². The molecule has 1 atom stereocenters. The second-order valence-corrected chi connectivity index (χ2v) is 4.15. The number of rotatable bonds is 2. The molecule has 4 heteroatoms. The van der Waals surface area contributed by atoms with Crippen LogP contribution in [0.5, 0.6) is 0 Å². The summed E-state index contributed by atoms with van der Waals surface area (Å²) >= 11 is 6.11. The highest BCUT2D eigenvalue weighted by Gasteiger charge is 2.22. The standard InChI is InChI=1S/C11H15ClN2O/c1-3-8-7(2)13-11(14-10(8)12)9-5-4-6-15-9/h9H,3-6H2,1-2H3. The minimum Gasteiger partial charge on any atom is -0.370 e. The van der Waals surface area contributed by atoms with Crippen LogP contribution in [-0.4, -0.2) is 16.6 Å². The van der Waals surface area contributed by atoms with Gasteiger partial charge in [0.2, 0.25) is 0 Å². The van der Waals surface area contributed by atoms with Crippen molar-refractivity contribution in [2.24, 2.45) is 0 Å². The van der Waals surface area contributed by atoms with E-state index in [4.69, 9.17) is 16.3 Å². The monoisotopic (exact) mass is 226 g/mol. The third-order valence-electron chi connectivity index (χ3n) is 2.75.